The second-order valence-corrected chi connectivity index (χ2v) is 9.13. The Balaban J connectivity index is 1.92. The first kappa shape index (κ1) is 22.2. The minimum atomic E-state index is -0.830. The topological polar surface area (TPSA) is 74.7 Å². The summed E-state index contributed by atoms with van der Waals surface area (Å²) in [7, 11) is 0. The highest BCUT2D eigenvalue weighted by molar-refractivity contribution is 7.15. The molecule has 0 N–H and O–H groups in total. The van der Waals surface area contributed by atoms with Gasteiger partial charge in [-0.05, 0) is 19.3 Å². The van der Waals surface area contributed by atoms with Gasteiger partial charge in [-0.1, -0.05) is 44.2 Å². The van der Waals surface area contributed by atoms with Crippen LogP contribution < -0.4 is 0 Å². The molecule has 0 saturated carbocycles. The van der Waals surface area contributed by atoms with Crippen LogP contribution in [0.5, 0.6) is 0 Å². The van der Waals surface area contributed by atoms with Gasteiger partial charge in [0, 0.05) is 29.9 Å². The first-order valence-corrected chi connectivity index (χ1v) is 10.8. The molecule has 0 unspecified atom stereocenters. The number of benzene rings is 1. The number of rotatable bonds is 7. The molecule has 0 aliphatic heterocycles. The van der Waals surface area contributed by atoms with Crippen LogP contribution in [0.25, 0.3) is 16.1 Å². The van der Waals surface area contributed by atoms with Crippen molar-refractivity contribution >= 4 is 28.8 Å². The lowest BCUT2D eigenvalue weighted by Gasteiger charge is -2.30. The molecule has 6 nitrogen and oxygen atoms in total. The fraction of sp³-hybridized carbons (Fsp3) is 0.435. The molecule has 1 heterocycles. The molecule has 0 atom stereocenters. The van der Waals surface area contributed by atoms with E-state index in [1.165, 1.54) is 11.3 Å². The summed E-state index contributed by atoms with van der Waals surface area (Å²) in [6, 6.07) is 9.81. The number of thiazole rings is 1. The molecular weight excluding hydrogens is 402 g/mol. The first-order chi connectivity index (χ1) is 14.3. The van der Waals surface area contributed by atoms with Crippen molar-refractivity contribution in [2.75, 3.05) is 19.8 Å². The number of ether oxygens (including phenoxy) is 3. The third kappa shape index (κ3) is 5.34. The predicted octanol–water partition coefficient (Wildman–Crippen LogP) is 5.41. The van der Waals surface area contributed by atoms with Crippen LogP contribution in [0.1, 0.15) is 44.2 Å². The number of nitrogens with zero attached hydrogens (tertiary/aromatic N) is 1. The Kier molecular flexibility index (Phi) is 7.05. The molecule has 0 bridgehead atoms. The molecule has 160 valence electrons. The van der Waals surface area contributed by atoms with E-state index in [0.717, 1.165) is 15.4 Å². The molecule has 0 spiro atoms. The molecule has 1 aromatic carbocycles. The normalized spacial score (nSPS) is 15.9. The first-order valence-electron chi connectivity index (χ1n) is 10.0. The Morgan fingerprint density at radius 1 is 1.17 bits per heavy atom. The average Bonchev–Trinajstić information content (AvgIpc) is 3.06. The fourth-order valence-corrected chi connectivity index (χ4v) is 4.33. The standard InChI is InChI=1S/C23H27NO5S/c1-5-27-11-12-28-22(26)29-18-14-23(3,4)13-17(25)19(18)20-15(2)30-21(24-20)16-9-7-6-8-10-16/h6-10H,5,11-14H2,1-4H3. The molecule has 2 aromatic rings. The number of allylic oxidation sites excluding steroid dienone is 2. The van der Waals surface area contributed by atoms with E-state index in [9.17, 15) is 9.59 Å². The molecule has 1 aliphatic rings. The van der Waals surface area contributed by atoms with E-state index in [1.807, 2.05) is 58.0 Å². The molecule has 0 radical (unpaired) electrons. The lowest BCUT2D eigenvalue weighted by atomic mass is 9.76. The largest absolute Gasteiger partial charge is 0.513 e. The molecular formula is C23H27NO5S. The van der Waals surface area contributed by atoms with Crippen molar-refractivity contribution in [2.45, 2.75) is 40.5 Å². The third-order valence-electron chi connectivity index (χ3n) is 4.75. The second kappa shape index (κ2) is 9.53. The number of Topliss-reactive ketones (excluding diaryl/α,β-unsaturated/α-hetero) is 1. The van der Waals surface area contributed by atoms with Crippen LogP contribution in [-0.2, 0) is 19.0 Å². The zero-order valence-corrected chi connectivity index (χ0v) is 18.6. The van der Waals surface area contributed by atoms with Crippen molar-refractivity contribution in [3.63, 3.8) is 0 Å². The maximum Gasteiger partial charge on any atom is 0.513 e. The highest BCUT2D eigenvalue weighted by Crippen LogP contribution is 2.43. The highest BCUT2D eigenvalue weighted by Gasteiger charge is 2.37. The molecule has 0 amide bonds. The lowest BCUT2D eigenvalue weighted by molar-refractivity contribution is -0.116. The van der Waals surface area contributed by atoms with E-state index in [0.29, 0.717) is 43.1 Å². The van der Waals surface area contributed by atoms with Crippen LogP contribution >= 0.6 is 11.3 Å². The van der Waals surface area contributed by atoms with Crippen LogP contribution in [0.4, 0.5) is 4.79 Å². The summed E-state index contributed by atoms with van der Waals surface area (Å²) >= 11 is 1.52. The van der Waals surface area contributed by atoms with E-state index in [4.69, 9.17) is 19.2 Å². The zero-order valence-electron chi connectivity index (χ0n) is 17.8. The van der Waals surface area contributed by atoms with Gasteiger partial charge in [0.1, 0.15) is 17.4 Å². The lowest BCUT2D eigenvalue weighted by Crippen LogP contribution is -2.27. The molecule has 0 saturated heterocycles. The SMILES string of the molecule is CCOCCOC(=O)OC1=C(c2nc(-c3ccccc3)sc2C)C(=O)CC(C)(C)C1. The molecule has 1 aromatic heterocycles. The minimum absolute atomic E-state index is 0.0728. The van der Waals surface area contributed by atoms with Crippen molar-refractivity contribution in [3.05, 3.63) is 46.7 Å². The van der Waals surface area contributed by atoms with Crippen LogP contribution in [0, 0.1) is 12.3 Å². The summed E-state index contributed by atoms with van der Waals surface area (Å²) in [6.07, 6.45) is -0.0118. The van der Waals surface area contributed by atoms with Crippen molar-refractivity contribution in [3.8, 4) is 10.6 Å². The van der Waals surface area contributed by atoms with Crippen LogP contribution in [0.15, 0.2) is 36.1 Å². The zero-order chi connectivity index (χ0) is 21.7. The van der Waals surface area contributed by atoms with Gasteiger partial charge < -0.3 is 14.2 Å². The predicted molar refractivity (Wildman–Crippen MR) is 116 cm³/mol. The van der Waals surface area contributed by atoms with E-state index in [2.05, 4.69) is 0 Å². The summed E-state index contributed by atoms with van der Waals surface area (Å²) in [5, 5.41) is 0.826. The molecule has 3 rings (SSSR count). The van der Waals surface area contributed by atoms with Gasteiger partial charge in [-0.2, -0.15) is 0 Å². The monoisotopic (exact) mass is 429 g/mol. The summed E-state index contributed by atoms with van der Waals surface area (Å²) in [4.78, 5) is 30.9. The van der Waals surface area contributed by atoms with Crippen molar-refractivity contribution in [1.29, 1.82) is 0 Å². The Bertz CT molecular complexity index is 946. The number of carbonyl (C=O) groups excluding carboxylic acids is 2. The van der Waals surface area contributed by atoms with Gasteiger partial charge in [0.05, 0.1) is 17.9 Å². The smallest absolute Gasteiger partial charge is 0.432 e. The fourth-order valence-electron chi connectivity index (χ4n) is 3.41. The number of hydrogen-bond acceptors (Lipinski definition) is 7. The van der Waals surface area contributed by atoms with E-state index in [1.54, 1.807) is 0 Å². The molecule has 7 heteroatoms. The average molecular weight is 430 g/mol. The number of carbonyl (C=O) groups is 2. The Morgan fingerprint density at radius 3 is 2.60 bits per heavy atom. The van der Waals surface area contributed by atoms with Crippen molar-refractivity contribution < 1.29 is 23.8 Å². The Morgan fingerprint density at radius 2 is 1.90 bits per heavy atom. The van der Waals surface area contributed by atoms with Gasteiger partial charge in [-0.3, -0.25) is 4.79 Å². The van der Waals surface area contributed by atoms with E-state index < -0.39 is 6.16 Å². The molecule has 30 heavy (non-hydrogen) atoms. The summed E-state index contributed by atoms with van der Waals surface area (Å²) in [6.45, 7) is 8.70. The number of hydrogen-bond donors (Lipinski definition) is 0. The van der Waals surface area contributed by atoms with E-state index >= 15 is 0 Å². The van der Waals surface area contributed by atoms with Crippen LogP contribution in [0.2, 0.25) is 0 Å². The van der Waals surface area contributed by atoms with Gasteiger partial charge >= 0.3 is 6.16 Å². The maximum atomic E-state index is 13.1. The Labute approximate surface area is 180 Å². The minimum Gasteiger partial charge on any atom is -0.432 e. The highest BCUT2D eigenvalue weighted by atomic mass is 32.1. The van der Waals surface area contributed by atoms with Gasteiger partial charge in [0.25, 0.3) is 0 Å². The van der Waals surface area contributed by atoms with Crippen LogP contribution in [-0.4, -0.2) is 36.7 Å². The summed E-state index contributed by atoms with van der Waals surface area (Å²) < 4.78 is 15.8. The van der Waals surface area contributed by atoms with Crippen molar-refractivity contribution in [2.24, 2.45) is 5.41 Å². The molecule has 0 fully saturated rings. The molecule has 1 aliphatic carbocycles. The summed E-state index contributed by atoms with van der Waals surface area (Å²) in [5.74, 6) is 0.252. The number of aryl methyl sites for hydroxylation is 1. The number of ketones is 1. The second-order valence-electron chi connectivity index (χ2n) is 7.93. The summed E-state index contributed by atoms with van der Waals surface area (Å²) in [5.41, 5.74) is 1.63. The maximum absolute atomic E-state index is 13.1. The Hall–Kier alpha value is -2.51. The van der Waals surface area contributed by atoms with Crippen LogP contribution in [0.3, 0.4) is 0 Å². The quantitative estimate of drug-likeness (QED) is 0.433. The van der Waals surface area contributed by atoms with Gasteiger partial charge in [-0.15, -0.1) is 11.3 Å². The third-order valence-corrected chi connectivity index (χ3v) is 5.77. The number of aromatic nitrogens is 1. The van der Waals surface area contributed by atoms with Crippen molar-refractivity contribution in [1.82, 2.24) is 4.98 Å². The van der Waals surface area contributed by atoms with Gasteiger partial charge in [0.2, 0.25) is 0 Å². The van der Waals surface area contributed by atoms with E-state index in [-0.39, 0.29) is 17.8 Å². The van der Waals surface area contributed by atoms with Gasteiger partial charge in [-0.25, -0.2) is 9.78 Å². The van der Waals surface area contributed by atoms with Gasteiger partial charge in [0.15, 0.2) is 5.78 Å².